The van der Waals surface area contributed by atoms with Crippen LogP contribution in [0.2, 0.25) is 0 Å². The van der Waals surface area contributed by atoms with Gasteiger partial charge in [0, 0.05) is 44.9 Å². The zero-order valence-corrected chi connectivity index (χ0v) is 27.4. The lowest BCUT2D eigenvalue weighted by Gasteiger charge is -2.27. The molecule has 0 bridgehead atoms. The van der Waals surface area contributed by atoms with Gasteiger partial charge in [0.2, 0.25) is 0 Å². The maximum atomic E-state index is 12.1. The molecular formula is C33H49NO13. The fourth-order valence-corrected chi connectivity index (χ4v) is 5.40. The number of rotatable bonds is 13. The lowest BCUT2D eigenvalue weighted by molar-refractivity contribution is -0.201. The summed E-state index contributed by atoms with van der Waals surface area (Å²) in [4.78, 5) is 94.1. The number of aliphatic carboxylic acids is 3. The highest BCUT2D eigenvalue weighted by atomic mass is 16.7. The Kier molecular flexibility index (Phi) is 21.9. The number of carbonyl (C=O) groups excluding carboxylic acids is 5. The number of carbonyl (C=O) groups is 8. The quantitative estimate of drug-likeness (QED) is 0.162. The van der Waals surface area contributed by atoms with E-state index in [-0.39, 0.29) is 42.7 Å². The van der Waals surface area contributed by atoms with E-state index in [1.807, 2.05) is 13.8 Å². The highest BCUT2D eigenvalue weighted by molar-refractivity contribution is 6.01. The Morgan fingerprint density at radius 3 is 1.34 bits per heavy atom. The first-order valence-corrected chi connectivity index (χ1v) is 16.0. The van der Waals surface area contributed by atoms with Crippen molar-refractivity contribution in [2.75, 3.05) is 7.11 Å². The molecule has 3 aliphatic rings. The van der Waals surface area contributed by atoms with E-state index in [0.29, 0.717) is 55.4 Å². The van der Waals surface area contributed by atoms with Crippen molar-refractivity contribution in [3.63, 3.8) is 0 Å². The van der Waals surface area contributed by atoms with Gasteiger partial charge in [-0.25, -0.2) is 14.4 Å². The standard InChI is InChI=1S/C17H21NO7.C13H18O5.C2H6.CH4O/c19-13(7-10-16(22)23)6-3-11-1-4-12(5-2-11)17(24)25-18-14(20)8-9-15(18)21;14-11(7-8-12(15)16)6-3-9-1-4-10(5-2-9)13(17)18;2*1-2/h7,10-12H,1-6,8-9H2,(H,22,23);7-10H,1-6H2,(H,15,16)(H,17,18);1-2H3;2H,1H3/b10-7-;8-7-;;. The van der Waals surface area contributed by atoms with Gasteiger partial charge in [0.25, 0.3) is 11.8 Å². The first-order valence-electron chi connectivity index (χ1n) is 16.0. The van der Waals surface area contributed by atoms with Crippen molar-refractivity contribution >= 4 is 47.3 Å². The summed E-state index contributed by atoms with van der Waals surface area (Å²) in [5.74, 6) is -4.83. The molecular weight excluding hydrogens is 618 g/mol. The monoisotopic (exact) mass is 667 g/mol. The molecule has 1 saturated heterocycles. The van der Waals surface area contributed by atoms with Crippen molar-refractivity contribution < 1.29 is 63.6 Å². The van der Waals surface area contributed by atoms with Gasteiger partial charge in [0.15, 0.2) is 11.6 Å². The average molecular weight is 668 g/mol. The summed E-state index contributed by atoms with van der Waals surface area (Å²) in [6, 6.07) is 0. The second kappa shape index (κ2) is 24.0. The van der Waals surface area contributed by atoms with Gasteiger partial charge in [-0.3, -0.25) is 24.0 Å². The topological polar surface area (TPSA) is 230 Å². The Hall–Kier alpha value is -4.20. The molecule has 47 heavy (non-hydrogen) atoms. The van der Waals surface area contributed by atoms with Gasteiger partial charge >= 0.3 is 23.9 Å². The number of carboxylic acid groups (broad SMARTS) is 3. The zero-order chi connectivity index (χ0) is 35.9. The van der Waals surface area contributed by atoms with Gasteiger partial charge in [-0.1, -0.05) is 13.8 Å². The molecule has 0 atom stereocenters. The Bertz CT molecular complexity index is 1110. The van der Waals surface area contributed by atoms with E-state index in [1.54, 1.807) is 0 Å². The normalized spacial score (nSPS) is 22.2. The van der Waals surface area contributed by atoms with E-state index >= 15 is 0 Å². The molecule has 14 nitrogen and oxygen atoms in total. The molecule has 264 valence electrons. The number of ketones is 2. The van der Waals surface area contributed by atoms with E-state index in [9.17, 15) is 38.4 Å². The van der Waals surface area contributed by atoms with Crippen molar-refractivity contribution in [3.05, 3.63) is 24.3 Å². The molecule has 2 amide bonds. The zero-order valence-electron chi connectivity index (χ0n) is 27.4. The van der Waals surface area contributed by atoms with Crippen LogP contribution in [0.3, 0.4) is 0 Å². The minimum absolute atomic E-state index is 0.0726. The molecule has 0 unspecified atom stereocenters. The summed E-state index contributed by atoms with van der Waals surface area (Å²) in [5.41, 5.74) is 0. The van der Waals surface area contributed by atoms with Gasteiger partial charge in [-0.2, -0.15) is 0 Å². The van der Waals surface area contributed by atoms with E-state index in [2.05, 4.69) is 0 Å². The molecule has 0 aromatic rings. The van der Waals surface area contributed by atoms with Crippen LogP contribution >= 0.6 is 0 Å². The highest BCUT2D eigenvalue weighted by Gasteiger charge is 2.36. The summed E-state index contributed by atoms with van der Waals surface area (Å²) >= 11 is 0. The summed E-state index contributed by atoms with van der Waals surface area (Å²) in [7, 11) is 1.00. The van der Waals surface area contributed by atoms with Crippen LogP contribution in [0.25, 0.3) is 0 Å². The third kappa shape index (κ3) is 17.9. The summed E-state index contributed by atoms with van der Waals surface area (Å²) in [6.45, 7) is 4.00. The van der Waals surface area contributed by atoms with Crippen molar-refractivity contribution in [1.29, 1.82) is 0 Å². The number of allylic oxidation sites excluding steroid dienone is 2. The fourth-order valence-electron chi connectivity index (χ4n) is 5.40. The molecule has 0 aromatic heterocycles. The maximum absolute atomic E-state index is 12.1. The van der Waals surface area contributed by atoms with Crippen LogP contribution in [0.1, 0.15) is 104 Å². The number of carboxylic acids is 3. The molecule has 1 heterocycles. The lowest BCUT2D eigenvalue weighted by Crippen LogP contribution is -2.35. The van der Waals surface area contributed by atoms with Gasteiger partial charge in [0.05, 0.1) is 11.8 Å². The van der Waals surface area contributed by atoms with E-state index in [4.69, 9.17) is 25.3 Å². The smallest absolute Gasteiger partial charge is 0.336 e. The molecule has 0 radical (unpaired) electrons. The number of nitrogens with zero attached hydrogens (tertiary/aromatic N) is 1. The Morgan fingerprint density at radius 1 is 0.638 bits per heavy atom. The third-order valence-corrected chi connectivity index (χ3v) is 7.98. The summed E-state index contributed by atoms with van der Waals surface area (Å²) in [6.07, 6.45) is 11.7. The van der Waals surface area contributed by atoms with E-state index in [0.717, 1.165) is 63.5 Å². The fraction of sp³-hybridized carbons (Fsp3) is 0.636. The SMILES string of the molecule is CC.CO.O=C(O)/C=C\C(=O)CCC1CCC(C(=O)O)CC1.O=C(O)/C=C\C(=O)CCC1CCC(C(=O)ON2C(=O)CCC2=O)CC1. The first-order chi connectivity index (χ1) is 22.3. The van der Waals surface area contributed by atoms with Crippen molar-refractivity contribution in [3.8, 4) is 0 Å². The van der Waals surface area contributed by atoms with Gasteiger partial charge < -0.3 is 25.3 Å². The van der Waals surface area contributed by atoms with Crippen LogP contribution in [-0.2, 0) is 43.2 Å². The lowest BCUT2D eigenvalue weighted by atomic mass is 9.80. The summed E-state index contributed by atoms with van der Waals surface area (Å²) < 4.78 is 0. The van der Waals surface area contributed by atoms with Crippen molar-refractivity contribution in [2.24, 2.45) is 23.7 Å². The predicted molar refractivity (Wildman–Crippen MR) is 167 cm³/mol. The van der Waals surface area contributed by atoms with Crippen molar-refractivity contribution in [2.45, 2.75) is 104 Å². The minimum atomic E-state index is -1.15. The van der Waals surface area contributed by atoms with Gasteiger partial charge in [-0.15, -0.1) is 5.06 Å². The summed E-state index contributed by atoms with van der Waals surface area (Å²) in [5, 5.41) is 33.2. The number of aliphatic hydroxyl groups excluding tert-OH is 1. The largest absolute Gasteiger partial charge is 0.481 e. The van der Waals surface area contributed by atoms with Crippen molar-refractivity contribution in [1.82, 2.24) is 5.06 Å². The second-order valence-electron chi connectivity index (χ2n) is 11.1. The Morgan fingerprint density at radius 2 is 1.00 bits per heavy atom. The highest BCUT2D eigenvalue weighted by Crippen LogP contribution is 2.33. The third-order valence-electron chi connectivity index (χ3n) is 7.98. The number of amides is 2. The molecule has 3 rings (SSSR count). The molecule has 14 heteroatoms. The van der Waals surface area contributed by atoms with Crippen LogP contribution in [0.4, 0.5) is 0 Å². The maximum Gasteiger partial charge on any atom is 0.336 e. The molecule has 1 aliphatic heterocycles. The van der Waals surface area contributed by atoms with Gasteiger partial charge in [-0.05, 0) is 88.2 Å². The molecule has 0 aromatic carbocycles. The molecule has 4 N–H and O–H groups in total. The van der Waals surface area contributed by atoms with Gasteiger partial charge in [0.1, 0.15) is 0 Å². The number of imide groups is 1. The number of hydrogen-bond acceptors (Lipinski definition) is 10. The average Bonchev–Trinajstić information content (AvgIpc) is 3.39. The first kappa shape index (κ1) is 42.8. The van der Waals surface area contributed by atoms with Crippen LogP contribution in [-0.4, -0.2) is 79.9 Å². The van der Waals surface area contributed by atoms with Crippen LogP contribution in [0.15, 0.2) is 24.3 Å². The predicted octanol–water partition coefficient (Wildman–Crippen LogP) is 3.89. The van der Waals surface area contributed by atoms with E-state index < -0.39 is 35.7 Å². The second-order valence-corrected chi connectivity index (χ2v) is 11.1. The van der Waals surface area contributed by atoms with Crippen LogP contribution in [0.5, 0.6) is 0 Å². The Labute approximate surface area is 274 Å². The molecule has 0 spiro atoms. The number of aliphatic hydroxyl groups is 1. The minimum Gasteiger partial charge on any atom is -0.481 e. The molecule has 3 fully saturated rings. The van der Waals surface area contributed by atoms with Crippen LogP contribution in [0, 0.1) is 23.7 Å². The number of hydroxylamine groups is 2. The van der Waals surface area contributed by atoms with E-state index in [1.165, 1.54) is 0 Å². The Balaban J connectivity index is 0.000000850. The number of hydrogen-bond donors (Lipinski definition) is 4. The molecule has 2 saturated carbocycles. The van der Waals surface area contributed by atoms with Crippen LogP contribution < -0.4 is 0 Å². The molecule has 2 aliphatic carbocycles.